The maximum Gasteiger partial charge on any atom is 0.205 e. The van der Waals surface area contributed by atoms with Gasteiger partial charge in [-0.05, 0) is 43.8 Å². The molecule has 0 unspecified atom stereocenters. The first-order valence-corrected chi connectivity index (χ1v) is 8.41. The van der Waals surface area contributed by atoms with E-state index in [0.717, 1.165) is 22.6 Å². The lowest BCUT2D eigenvalue weighted by atomic mass is 9.90. The van der Waals surface area contributed by atoms with Crippen molar-refractivity contribution in [1.29, 1.82) is 0 Å². The van der Waals surface area contributed by atoms with Gasteiger partial charge in [-0.2, -0.15) is 0 Å². The quantitative estimate of drug-likeness (QED) is 0.922. The van der Waals surface area contributed by atoms with Gasteiger partial charge in [0.25, 0.3) is 0 Å². The number of hydrogen-bond donors (Lipinski definition) is 1. The van der Waals surface area contributed by atoms with Crippen LogP contribution in [0.4, 0.5) is 5.13 Å². The first kappa shape index (κ1) is 14.5. The van der Waals surface area contributed by atoms with Crippen molar-refractivity contribution in [2.75, 3.05) is 25.5 Å². The van der Waals surface area contributed by atoms with Gasteiger partial charge in [-0.3, -0.25) is 4.90 Å². The minimum Gasteiger partial charge on any atom is -0.363 e. The molecule has 1 saturated heterocycles. The summed E-state index contributed by atoms with van der Waals surface area (Å²) in [6.07, 6.45) is 3.79. The van der Waals surface area contributed by atoms with Gasteiger partial charge in [0.15, 0.2) is 0 Å². The van der Waals surface area contributed by atoms with Crippen molar-refractivity contribution >= 4 is 16.5 Å². The molecule has 21 heavy (non-hydrogen) atoms. The predicted molar refractivity (Wildman–Crippen MR) is 87.6 cm³/mol. The molecular weight excluding hydrogens is 280 g/mol. The second-order valence-electron chi connectivity index (χ2n) is 5.66. The van der Waals surface area contributed by atoms with E-state index in [9.17, 15) is 0 Å². The fourth-order valence-corrected chi connectivity index (χ4v) is 3.64. The summed E-state index contributed by atoms with van der Waals surface area (Å²) in [7, 11) is 1.89. The van der Waals surface area contributed by atoms with E-state index in [-0.39, 0.29) is 0 Å². The van der Waals surface area contributed by atoms with Crippen LogP contribution in [0.1, 0.15) is 23.4 Å². The van der Waals surface area contributed by atoms with Gasteiger partial charge in [0.05, 0.1) is 6.54 Å². The molecule has 0 atom stereocenters. The fourth-order valence-electron chi connectivity index (χ4n) is 2.91. The van der Waals surface area contributed by atoms with E-state index >= 15 is 0 Å². The molecule has 112 valence electrons. The number of nitrogens with one attached hydrogen (secondary N) is 1. The van der Waals surface area contributed by atoms with Crippen LogP contribution < -0.4 is 5.32 Å². The highest BCUT2D eigenvalue weighted by Gasteiger charge is 2.20. The van der Waals surface area contributed by atoms with E-state index in [4.69, 9.17) is 0 Å². The molecule has 1 fully saturated rings. The molecule has 5 heteroatoms. The largest absolute Gasteiger partial charge is 0.363 e. The third-order valence-corrected chi connectivity index (χ3v) is 5.04. The molecule has 0 spiro atoms. The van der Waals surface area contributed by atoms with Gasteiger partial charge in [0.1, 0.15) is 5.01 Å². The summed E-state index contributed by atoms with van der Waals surface area (Å²) in [5.41, 5.74) is 1.47. The highest BCUT2D eigenvalue weighted by atomic mass is 32.1. The molecule has 1 aliphatic heterocycles. The Morgan fingerprint density at radius 2 is 1.95 bits per heavy atom. The molecule has 0 radical (unpaired) electrons. The third kappa shape index (κ3) is 4.02. The summed E-state index contributed by atoms with van der Waals surface area (Å²) in [5.74, 6) is 0.825. The molecule has 1 N–H and O–H groups in total. The SMILES string of the molecule is CNc1nnc(CN2CCC(Cc3ccccc3)CC2)s1. The van der Waals surface area contributed by atoms with Gasteiger partial charge in [-0.25, -0.2) is 0 Å². The summed E-state index contributed by atoms with van der Waals surface area (Å²) in [4.78, 5) is 2.50. The van der Waals surface area contributed by atoms with Gasteiger partial charge in [-0.1, -0.05) is 41.7 Å². The average molecular weight is 302 g/mol. The van der Waals surface area contributed by atoms with Crippen molar-refractivity contribution in [1.82, 2.24) is 15.1 Å². The molecule has 4 nitrogen and oxygen atoms in total. The van der Waals surface area contributed by atoms with Gasteiger partial charge in [0.2, 0.25) is 5.13 Å². The zero-order valence-corrected chi connectivity index (χ0v) is 13.3. The van der Waals surface area contributed by atoms with E-state index in [1.54, 1.807) is 11.3 Å². The van der Waals surface area contributed by atoms with Crippen LogP contribution in [0, 0.1) is 5.92 Å². The van der Waals surface area contributed by atoms with Gasteiger partial charge >= 0.3 is 0 Å². The fraction of sp³-hybridized carbons (Fsp3) is 0.500. The van der Waals surface area contributed by atoms with Crippen LogP contribution in [-0.2, 0) is 13.0 Å². The smallest absolute Gasteiger partial charge is 0.205 e. The molecule has 2 aromatic rings. The number of hydrogen-bond acceptors (Lipinski definition) is 5. The number of rotatable bonds is 5. The highest BCUT2D eigenvalue weighted by molar-refractivity contribution is 7.15. The summed E-state index contributed by atoms with van der Waals surface area (Å²) in [6.45, 7) is 3.29. The summed E-state index contributed by atoms with van der Waals surface area (Å²) in [6, 6.07) is 10.9. The van der Waals surface area contributed by atoms with Crippen LogP contribution in [0.15, 0.2) is 30.3 Å². The zero-order chi connectivity index (χ0) is 14.5. The first-order chi connectivity index (χ1) is 10.3. The Kier molecular flexibility index (Phi) is 4.83. The van der Waals surface area contributed by atoms with Gasteiger partial charge in [0, 0.05) is 7.05 Å². The first-order valence-electron chi connectivity index (χ1n) is 7.60. The molecule has 1 aromatic heterocycles. The molecule has 3 rings (SSSR count). The van der Waals surface area contributed by atoms with Crippen molar-refractivity contribution in [3.8, 4) is 0 Å². The molecule has 0 amide bonds. The van der Waals surface area contributed by atoms with Crippen molar-refractivity contribution < 1.29 is 0 Å². The number of likely N-dealkylation sites (tertiary alicyclic amines) is 1. The second-order valence-corrected chi connectivity index (χ2v) is 6.72. The number of nitrogens with zero attached hydrogens (tertiary/aromatic N) is 3. The van der Waals surface area contributed by atoms with Crippen LogP contribution in [-0.4, -0.2) is 35.2 Å². The van der Waals surface area contributed by atoms with E-state index in [0.29, 0.717) is 0 Å². The Balaban J connectivity index is 1.46. The minimum absolute atomic E-state index is 0.825. The van der Waals surface area contributed by atoms with Crippen molar-refractivity contribution in [2.24, 2.45) is 5.92 Å². The number of aromatic nitrogens is 2. The lowest BCUT2D eigenvalue weighted by molar-refractivity contribution is 0.176. The molecule has 0 aliphatic carbocycles. The van der Waals surface area contributed by atoms with Crippen molar-refractivity contribution in [3.63, 3.8) is 0 Å². The Hall–Kier alpha value is -1.46. The van der Waals surface area contributed by atoms with Gasteiger partial charge < -0.3 is 5.32 Å². The molecule has 1 aromatic carbocycles. The second kappa shape index (κ2) is 7.00. The van der Waals surface area contributed by atoms with Crippen molar-refractivity contribution in [2.45, 2.75) is 25.8 Å². The Morgan fingerprint density at radius 1 is 1.19 bits per heavy atom. The predicted octanol–water partition coefficient (Wildman–Crippen LogP) is 3.03. The van der Waals surface area contributed by atoms with Crippen molar-refractivity contribution in [3.05, 3.63) is 40.9 Å². The maximum absolute atomic E-state index is 4.23. The molecule has 0 bridgehead atoms. The number of anilines is 1. The summed E-state index contributed by atoms with van der Waals surface area (Å²) in [5, 5.41) is 13.4. The monoisotopic (exact) mass is 302 g/mol. The normalized spacial score (nSPS) is 17.0. The molecule has 1 aliphatic rings. The zero-order valence-electron chi connectivity index (χ0n) is 12.5. The molecule has 0 saturated carbocycles. The molecular formula is C16H22N4S. The third-order valence-electron chi connectivity index (χ3n) is 4.11. The Bertz CT molecular complexity index is 546. The van der Waals surface area contributed by atoms with Crippen LogP contribution in [0.25, 0.3) is 0 Å². The van der Waals surface area contributed by atoms with Crippen LogP contribution in [0.3, 0.4) is 0 Å². The van der Waals surface area contributed by atoms with Crippen LogP contribution >= 0.6 is 11.3 Å². The minimum atomic E-state index is 0.825. The van der Waals surface area contributed by atoms with E-state index in [1.165, 1.54) is 37.9 Å². The summed E-state index contributed by atoms with van der Waals surface area (Å²) < 4.78 is 0. The highest BCUT2D eigenvalue weighted by Crippen LogP contribution is 2.24. The van der Waals surface area contributed by atoms with E-state index in [2.05, 4.69) is 50.7 Å². The number of piperidine rings is 1. The standard InChI is InChI=1S/C16H22N4S/c1-17-16-19-18-15(21-16)12-20-9-7-14(8-10-20)11-13-5-3-2-4-6-13/h2-6,14H,7-12H2,1H3,(H,17,19). The maximum atomic E-state index is 4.23. The topological polar surface area (TPSA) is 41.1 Å². The Labute approximate surface area is 130 Å². The van der Waals surface area contributed by atoms with E-state index in [1.807, 2.05) is 7.05 Å². The average Bonchev–Trinajstić information content (AvgIpc) is 2.98. The lowest BCUT2D eigenvalue weighted by Gasteiger charge is -2.31. The van der Waals surface area contributed by atoms with Crippen LogP contribution in [0.5, 0.6) is 0 Å². The van der Waals surface area contributed by atoms with Crippen LogP contribution in [0.2, 0.25) is 0 Å². The molecule has 2 heterocycles. The van der Waals surface area contributed by atoms with Gasteiger partial charge in [-0.15, -0.1) is 10.2 Å². The Morgan fingerprint density at radius 3 is 2.62 bits per heavy atom. The summed E-state index contributed by atoms with van der Waals surface area (Å²) >= 11 is 1.65. The van der Waals surface area contributed by atoms with E-state index < -0.39 is 0 Å². The lowest BCUT2D eigenvalue weighted by Crippen LogP contribution is -2.33. The number of benzene rings is 1.